The Kier molecular flexibility index (Phi) is 5.48. The van der Waals surface area contributed by atoms with Crippen LogP contribution in [0.4, 0.5) is 5.95 Å². The summed E-state index contributed by atoms with van der Waals surface area (Å²) in [6.45, 7) is 7.87. The molecule has 0 aliphatic carbocycles. The number of rotatable bonds is 6. The van der Waals surface area contributed by atoms with Crippen LogP contribution in [0.1, 0.15) is 39.1 Å². The third kappa shape index (κ3) is 3.65. The van der Waals surface area contributed by atoms with E-state index >= 15 is 0 Å². The lowest BCUT2D eigenvalue weighted by Gasteiger charge is -2.13. The molecule has 0 aromatic carbocycles. The Morgan fingerprint density at radius 1 is 1.22 bits per heavy atom. The van der Waals surface area contributed by atoms with Crippen LogP contribution in [-0.2, 0) is 22.4 Å². The minimum absolute atomic E-state index is 0.321. The van der Waals surface area contributed by atoms with Crippen molar-refractivity contribution in [3.63, 3.8) is 0 Å². The Labute approximate surface area is 107 Å². The average molecular weight is 252 g/mol. The van der Waals surface area contributed by atoms with Crippen LogP contribution in [0.25, 0.3) is 0 Å². The molecule has 0 saturated carbocycles. The third-order valence-corrected chi connectivity index (χ3v) is 2.49. The van der Waals surface area contributed by atoms with Gasteiger partial charge in [0.25, 0.3) is 0 Å². The smallest absolute Gasteiger partial charge is 0.328 e. The zero-order valence-electron chi connectivity index (χ0n) is 11.4. The summed E-state index contributed by atoms with van der Waals surface area (Å²) in [5, 5.41) is 11.0. The van der Waals surface area contributed by atoms with Crippen molar-refractivity contribution in [3.05, 3.63) is 11.4 Å². The normalized spacial score (nSPS) is 12.0. The molecular weight excluding hydrogens is 232 g/mol. The number of aromatic nitrogens is 3. The van der Waals surface area contributed by atoms with E-state index in [1.807, 2.05) is 13.8 Å². The Morgan fingerprint density at radius 3 is 2.44 bits per heavy atom. The zero-order valence-corrected chi connectivity index (χ0v) is 11.4. The summed E-state index contributed by atoms with van der Waals surface area (Å²) in [6.07, 6.45) is 1.60. The highest BCUT2D eigenvalue weighted by Gasteiger charge is 2.15. The Hall–Kier alpha value is -1.72. The highest BCUT2D eigenvalue weighted by atomic mass is 16.5. The maximum Gasteiger partial charge on any atom is 0.328 e. The quantitative estimate of drug-likeness (QED) is 0.770. The van der Waals surface area contributed by atoms with Crippen molar-refractivity contribution in [3.8, 4) is 0 Å². The number of esters is 1. The highest BCUT2D eigenvalue weighted by molar-refractivity contribution is 5.78. The van der Waals surface area contributed by atoms with Crippen LogP contribution in [0.3, 0.4) is 0 Å². The Balaban J connectivity index is 2.76. The van der Waals surface area contributed by atoms with Crippen LogP contribution in [0.15, 0.2) is 0 Å². The molecule has 0 spiro atoms. The standard InChI is InChI=1S/C12H20N4O2/c1-5-9-10(6-2)15-16-12(14-9)13-8(4)11(17)18-7-3/h8H,5-7H2,1-4H3,(H,13,14,16). The molecule has 1 heterocycles. The lowest BCUT2D eigenvalue weighted by Crippen LogP contribution is -2.29. The van der Waals surface area contributed by atoms with E-state index in [0.717, 1.165) is 24.2 Å². The largest absolute Gasteiger partial charge is 0.464 e. The van der Waals surface area contributed by atoms with Crippen molar-refractivity contribution in [1.29, 1.82) is 0 Å². The van der Waals surface area contributed by atoms with Gasteiger partial charge in [0.1, 0.15) is 6.04 Å². The van der Waals surface area contributed by atoms with Gasteiger partial charge in [-0.2, -0.15) is 5.10 Å². The van der Waals surface area contributed by atoms with Crippen molar-refractivity contribution < 1.29 is 9.53 Å². The van der Waals surface area contributed by atoms with Gasteiger partial charge >= 0.3 is 5.97 Å². The van der Waals surface area contributed by atoms with E-state index in [9.17, 15) is 4.79 Å². The molecule has 1 rings (SSSR count). The molecule has 18 heavy (non-hydrogen) atoms. The summed E-state index contributed by atoms with van der Waals surface area (Å²) in [6, 6.07) is -0.482. The van der Waals surface area contributed by atoms with E-state index in [2.05, 4.69) is 20.5 Å². The molecule has 0 saturated heterocycles. The molecule has 0 radical (unpaired) electrons. The predicted octanol–water partition coefficient (Wildman–Crippen LogP) is 1.36. The van der Waals surface area contributed by atoms with Crippen LogP contribution in [0, 0.1) is 0 Å². The number of hydrogen-bond acceptors (Lipinski definition) is 6. The molecule has 6 nitrogen and oxygen atoms in total. The van der Waals surface area contributed by atoms with Crippen molar-refractivity contribution in [1.82, 2.24) is 15.2 Å². The number of nitrogens with one attached hydrogen (secondary N) is 1. The molecule has 0 fully saturated rings. The van der Waals surface area contributed by atoms with Gasteiger partial charge in [0.05, 0.1) is 18.0 Å². The minimum Gasteiger partial charge on any atom is -0.464 e. The fourth-order valence-electron chi connectivity index (χ4n) is 1.52. The first-order valence-electron chi connectivity index (χ1n) is 6.27. The minimum atomic E-state index is -0.482. The number of nitrogens with zero attached hydrogens (tertiary/aromatic N) is 3. The number of hydrogen-bond donors (Lipinski definition) is 1. The predicted molar refractivity (Wildman–Crippen MR) is 68.3 cm³/mol. The van der Waals surface area contributed by atoms with Gasteiger partial charge in [-0.25, -0.2) is 9.78 Å². The van der Waals surface area contributed by atoms with E-state index in [4.69, 9.17) is 4.74 Å². The first kappa shape index (κ1) is 14.3. The summed E-state index contributed by atoms with van der Waals surface area (Å²) in [7, 11) is 0. The SMILES string of the molecule is CCOC(=O)C(C)Nc1nnc(CC)c(CC)n1. The van der Waals surface area contributed by atoms with Crippen molar-refractivity contribution in [2.45, 2.75) is 46.6 Å². The molecular formula is C12H20N4O2. The van der Waals surface area contributed by atoms with Gasteiger partial charge in [0.15, 0.2) is 0 Å². The number of anilines is 1. The van der Waals surface area contributed by atoms with E-state index < -0.39 is 6.04 Å². The molecule has 1 aromatic rings. The molecule has 0 aliphatic rings. The van der Waals surface area contributed by atoms with Crippen LogP contribution in [-0.4, -0.2) is 33.8 Å². The molecule has 1 N–H and O–H groups in total. The number of carbonyl (C=O) groups excluding carboxylic acids is 1. The van der Waals surface area contributed by atoms with Crippen molar-refractivity contribution in [2.24, 2.45) is 0 Å². The average Bonchev–Trinajstić information content (AvgIpc) is 2.38. The van der Waals surface area contributed by atoms with Crippen LogP contribution in [0.2, 0.25) is 0 Å². The fraction of sp³-hybridized carbons (Fsp3) is 0.667. The second-order valence-electron chi connectivity index (χ2n) is 3.85. The van der Waals surface area contributed by atoms with Crippen LogP contribution >= 0.6 is 0 Å². The van der Waals surface area contributed by atoms with Gasteiger partial charge in [-0.1, -0.05) is 13.8 Å². The summed E-state index contributed by atoms with van der Waals surface area (Å²) in [4.78, 5) is 15.8. The summed E-state index contributed by atoms with van der Waals surface area (Å²) in [5.74, 6) is 0.0447. The molecule has 6 heteroatoms. The molecule has 0 amide bonds. The Morgan fingerprint density at radius 2 is 1.89 bits per heavy atom. The lowest BCUT2D eigenvalue weighted by atomic mass is 10.2. The third-order valence-electron chi connectivity index (χ3n) is 2.49. The first-order chi connectivity index (χ1) is 8.62. The van der Waals surface area contributed by atoms with Gasteiger partial charge in [-0.05, 0) is 26.7 Å². The second kappa shape index (κ2) is 6.88. The van der Waals surface area contributed by atoms with Gasteiger partial charge in [0.2, 0.25) is 5.95 Å². The van der Waals surface area contributed by atoms with Crippen LogP contribution < -0.4 is 5.32 Å². The topological polar surface area (TPSA) is 77.0 Å². The zero-order chi connectivity index (χ0) is 13.5. The lowest BCUT2D eigenvalue weighted by molar-refractivity contribution is -0.143. The van der Waals surface area contributed by atoms with E-state index in [1.165, 1.54) is 0 Å². The second-order valence-corrected chi connectivity index (χ2v) is 3.85. The fourth-order valence-corrected chi connectivity index (χ4v) is 1.52. The monoisotopic (exact) mass is 252 g/mol. The van der Waals surface area contributed by atoms with E-state index in [0.29, 0.717) is 12.6 Å². The van der Waals surface area contributed by atoms with E-state index in [-0.39, 0.29) is 5.97 Å². The maximum atomic E-state index is 11.5. The van der Waals surface area contributed by atoms with Crippen molar-refractivity contribution in [2.75, 3.05) is 11.9 Å². The highest BCUT2D eigenvalue weighted by Crippen LogP contribution is 2.08. The molecule has 1 unspecified atom stereocenters. The van der Waals surface area contributed by atoms with Gasteiger partial charge < -0.3 is 10.1 Å². The maximum absolute atomic E-state index is 11.5. The number of aryl methyl sites for hydroxylation is 2. The molecule has 0 aliphatic heterocycles. The van der Waals surface area contributed by atoms with E-state index in [1.54, 1.807) is 13.8 Å². The molecule has 1 aromatic heterocycles. The van der Waals surface area contributed by atoms with Crippen LogP contribution in [0.5, 0.6) is 0 Å². The summed E-state index contributed by atoms with van der Waals surface area (Å²) in [5.41, 5.74) is 1.80. The summed E-state index contributed by atoms with van der Waals surface area (Å²) >= 11 is 0. The molecule has 0 bridgehead atoms. The molecule has 1 atom stereocenters. The van der Waals surface area contributed by atoms with Gasteiger partial charge in [-0.15, -0.1) is 5.10 Å². The van der Waals surface area contributed by atoms with Gasteiger partial charge in [0, 0.05) is 0 Å². The number of carbonyl (C=O) groups is 1. The van der Waals surface area contributed by atoms with Gasteiger partial charge in [-0.3, -0.25) is 0 Å². The first-order valence-corrected chi connectivity index (χ1v) is 6.27. The Bertz CT molecular complexity index is 409. The summed E-state index contributed by atoms with van der Waals surface area (Å²) < 4.78 is 4.90. The molecule has 100 valence electrons. The van der Waals surface area contributed by atoms with Crippen molar-refractivity contribution >= 4 is 11.9 Å². The number of ether oxygens (including phenoxy) is 1.